The zero-order valence-electron chi connectivity index (χ0n) is 9.14. The highest BCUT2D eigenvalue weighted by atomic mass is 79.9. The fourth-order valence-electron chi connectivity index (χ4n) is 1.56. The molecule has 4 nitrogen and oxygen atoms in total. The molecule has 0 unspecified atom stereocenters. The highest BCUT2D eigenvalue weighted by molar-refractivity contribution is 9.10. The normalized spacial score (nSPS) is 12.7. The van der Waals surface area contributed by atoms with Crippen molar-refractivity contribution in [2.75, 3.05) is 6.61 Å². The second-order valence-corrected chi connectivity index (χ2v) is 4.96. The first kappa shape index (κ1) is 12.5. The van der Waals surface area contributed by atoms with E-state index in [1.165, 1.54) is 0 Å². The Kier molecular flexibility index (Phi) is 3.81. The fraction of sp³-hybridized carbons (Fsp3) is 0.273. The van der Waals surface area contributed by atoms with Gasteiger partial charge in [0.05, 0.1) is 18.3 Å². The lowest BCUT2D eigenvalue weighted by Gasteiger charge is -2.13. The Morgan fingerprint density at radius 2 is 2.35 bits per heavy atom. The summed E-state index contributed by atoms with van der Waals surface area (Å²) < 4.78 is 2.58. The Balaban J connectivity index is 2.53. The third kappa shape index (κ3) is 2.51. The molecule has 0 aliphatic heterocycles. The van der Waals surface area contributed by atoms with Crippen molar-refractivity contribution in [1.29, 1.82) is 0 Å². The quantitative estimate of drug-likeness (QED) is 0.886. The Morgan fingerprint density at radius 1 is 1.59 bits per heavy atom. The largest absolute Gasteiger partial charge is 0.394 e. The average molecular weight is 317 g/mol. The van der Waals surface area contributed by atoms with Crippen LogP contribution < -0.4 is 0 Å². The van der Waals surface area contributed by atoms with Crippen molar-refractivity contribution in [2.24, 2.45) is 0 Å². The standard InChI is InChI=1S/C11H11BrClN3O/c1-7(6-17)16-10(2-3-15-16)9-4-8(12)5-14-11(9)13/h2-5,7,17H,6H2,1H3/t7-/m0/s1. The van der Waals surface area contributed by atoms with E-state index < -0.39 is 0 Å². The van der Waals surface area contributed by atoms with E-state index in [0.717, 1.165) is 15.7 Å². The summed E-state index contributed by atoms with van der Waals surface area (Å²) in [7, 11) is 0. The Labute approximate surface area is 112 Å². The fourth-order valence-corrected chi connectivity index (χ4v) is 2.09. The first-order chi connectivity index (χ1) is 8.13. The molecule has 6 heteroatoms. The zero-order valence-corrected chi connectivity index (χ0v) is 11.5. The molecule has 0 aliphatic carbocycles. The maximum Gasteiger partial charge on any atom is 0.138 e. The molecule has 0 aromatic carbocycles. The molecule has 17 heavy (non-hydrogen) atoms. The Hall–Kier alpha value is -0.910. The summed E-state index contributed by atoms with van der Waals surface area (Å²) in [5.74, 6) is 0. The van der Waals surface area contributed by atoms with Gasteiger partial charge in [0, 0.05) is 22.4 Å². The average Bonchev–Trinajstić information content (AvgIpc) is 2.80. The highest BCUT2D eigenvalue weighted by Crippen LogP contribution is 2.29. The molecular formula is C11H11BrClN3O. The Morgan fingerprint density at radius 3 is 3.06 bits per heavy atom. The molecule has 0 radical (unpaired) electrons. The van der Waals surface area contributed by atoms with E-state index in [-0.39, 0.29) is 12.6 Å². The van der Waals surface area contributed by atoms with Crippen LogP contribution in [0, 0.1) is 0 Å². The van der Waals surface area contributed by atoms with Crippen LogP contribution in [0.15, 0.2) is 29.0 Å². The molecule has 90 valence electrons. The van der Waals surface area contributed by atoms with Crippen molar-refractivity contribution in [2.45, 2.75) is 13.0 Å². The lowest BCUT2D eigenvalue weighted by atomic mass is 10.2. The van der Waals surface area contributed by atoms with Crippen molar-refractivity contribution < 1.29 is 5.11 Å². The first-order valence-corrected chi connectivity index (χ1v) is 6.26. The third-order valence-corrected chi connectivity index (χ3v) is 3.17. The lowest BCUT2D eigenvalue weighted by molar-refractivity contribution is 0.231. The summed E-state index contributed by atoms with van der Waals surface area (Å²) in [6.45, 7) is 1.91. The van der Waals surface area contributed by atoms with Crippen molar-refractivity contribution in [1.82, 2.24) is 14.8 Å². The van der Waals surface area contributed by atoms with E-state index in [1.807, 2.05) is 19.1 Å². The van der Waals surface area contributed by atoms with Crippen LogP contribution in [0.25, 0.3) is 11.3 Å². The summed E-state index contributed by atoms with van der Waals surface area (Å²) in [6.07, 6.45) is 3.32. The van der Waals surface area contributed by atoms with E-state index in [9.17, 15) is 5.11 Å². The number of nitrogens with zero attached hydrogens (tertiary/aromatic N) is 3. The minimum atomic E-state index is -0.102. The molecule has 0 saturated heterocycles. The second-order valence-electron chi connectivity index (χ2n) is 3.68. The van der Waals surface area contributed by atoms with Crippen molar-refractivity contribution in [3.8, 4) is 11.3 Å². The van der Waals surface area contributed by atoms with E-state index in [4.69, 9.17) is 11.6 Å². The number of rotatable bonds is 3. The monoisotopic (exact) mass is 315 g/mol. The molecule has 0 amide bonds. The smallest absolute Gasteiger partial charge is 0.138 e. The van der Waals surface area contributed by atoms with E-state index >= 15 is 0 Å². The molecule has 0 saturated carbocycles. The van der Waals surface area contributed by atoms with Crippen LogP contribution in [-0.2, 0) is 0 Å². The predicted molar refractivity (Wildman–Crippen MR) is 70.0 cm³/mol. The summed E-state index contributed by atoms with van der Waals surface area (Å²) in [5, 5.41) is 13.8. The molecule has 2 aromatic rings. The number of hydrogen-bond acceptors (Lipinski definition) is 3. The van der Waals surface area contributed by atoms with Crippen LogP contribution in [0.4, 0.5) is 0 Å². The maximum atomic E-state index is 9.18. The van der Waals surface area contributed by atoms with Gasteiger partial charge in [0.1, 0.15) is 5.15 Å². The van der Waals surface area contributed by atoms with Gasteiger partial charge in [-0.25, -0.2) is 4.98 Å². The van der Waals surface area contributed by atoms with Gasteiger partial charge in [-0.3, -0.25) is 4.68 Å². The van der Waals surface area contributed by atoms with Gasteiger partial charge in [-0.05, 0) is 35.0 Å². The summed E-state index contributed by atoms with van der Waals surface area (Å²) >= 11 is 9.43. The van der Waals surface area contributed by atoms with E-state index in [0.29, 0.717) is 5.15 Å². The minimum Gasteiger partial charge on any atom is -0.394 e. The lowest BCUT2D eigenvalue weighted by Crippen LogP contribution is -2.12. The SMILES string of the molecule is C[C@@H](CO)n1nccc1-c1cc(Br)cnc1Cl. The number of pyridine rings is 1. The predicted octanol–water partition coefficient (Wildman–Crippen LogP) is 2.91. The first-order valence-electron chi connectivity index (χ1n) is 5.09. The van der Waals surface area contributed by atoms with Gasteiger partial charge in [-0.1, -0.05) is 11.6 Å². The molecule has 0 spiro atoms. The van der Waals surface area contributed by atoms with Gasteiger partial charge >= 0.3 is 0 Å². The number of aromatic nitrogens is 3. The molecule has 0 fully saturated rings. The number of aliphatic hydroxyl groups excluding tert-OH is 1. The van der Waals surface area contributed by atoms with Gasteiger partial charge < -0.3 is 5.11 Å². The molecule has 2 rings (SSSR count). The van der Waals surface area contributed by atoms with Crippen molar-refractivity contribution in [3.05, 3.63) is 34.2 Å². The Bertz CT molecular complexity index is 529. The third-order valence-electron chi connectivity index (χ3n) is 2.43. The molecule has 0 bridgehead atoms. The summed E-state index contributed by atoms with van der Waals surface area (Å²) in [6, 6.07) is 3.63. The van der Waals surface area contributed by atoms with Crippen molar-refractivity contribution >= 4 is 27.5 Å². The van der Waals surface area contributed by atoms with Gasteiger partial charge in [-0.2, -0.15) is 5.10 Å². The number of aliphatic hydroxyl groups is 1. The van der Waals surface area contributed by atoms with Gasteiger partial charge in [0.2, 0.25) is 0 Å². The van der Waals surface area contributed by atoms with Gasteiger partial charge in [0.25, 0.3) is 0 Å². The molecule has 1 atom stereocenters. The molecule has 2 aromatic heterocycles. The summed E-state index contributed by atoms with van der Waals surface area (Å²) in [5.41, 5.74) is 1.63. The van der Waals surface area contributed by atoms with E-state index in [2.05, 4.69) is 26.0 Å². The molecular weight excluding hydrogens is 305 g/mol. The maximum absolute atomic E-state index is 9.18. The van der Waals surface area contributed by atoms with Crippen LogP contribution in [0.3, 0.4) is 0 Å². The van der Waals surface area contributed by atoms with Crippen LogP contribution in [-0.4, -0.2) is 26.5 Å². The number of halogens is 2. The van der Waals surface area contributed by atoms with Crippen molar-refractivity contribution in [3.63, 3.8) is 0 Å². The van der Waals surface area contributed by atoms with E-state index in [1.54, 1.807) is 17.1 Å². The molecule has 1 N–H and O–H groups in total. The second kappa shape index (κ2) is 5.16. The number of hydrogen-bond donors (Lipinski definition) is 1. The van der Waals surface area contributed by atoms with Crippen LogP contribution in [0.1, 0.15) is 13.0 Å². The van der Waals surface area contributed by atoms with Crippen LogP contribution in [0.5, 0.6) is 0 Å². The van der Waals surface area contributed by atoms with Gasteiger partial charge in [-0.15, -0.1) is 0 Å². The van der Waals surface area contributed by atoms with Gasteiger partial charge in [0.15, 0.2) is 0 Å². The topological polar surface area (TPSA) is 50.9 Å². The molecule has 2 heterocycles. The minimum absolute atomic E-state index is 0.0216. The van der Waals surface area contributed by atoms with Crippen LogP contribution >= 0.6 is 27.5 Å². The zero-order chi connectivity index (χ0) is 12.4. The summed E-state index contributed by atoms with van der Waals surface area (Å²) in [4.78, 5) is 4.08. The molecule has 0 aliphatic rings. The van der Waals surface area contributed by atoms with Crippen LogP contribution in [0.2, 0.25) is 5.15 Å². The highest BCUT2D eigenvalue weighted by Gasteiger charge is 2.14.